The van der Waals surface area contributed by atoms with Crippen molar-refractivity contribution in [3.8, 4) is 0 Å². The van der Waals surface area contributed by atoms with Crippen molar-refractivity contribution < 1.29 is 30.4 Å². The minimum atomic E-state index is -6.17. The molecule has 0 bridgehead atoms. The Bertz CT molecular complexity index is 434. The number of halogens is 5. The second-order valence-electron chi connectivity index (χ2n) is 2.41. The summed E-state index contributed by atoms with van der Waals surface area (Å²) in [6.45, 7) is 0. The maximum atomic E-state index is 12.5. The highest BCUT2D eigenvalue weighted by Gasteiger charge is 2.68. The molecule has 1 heterocycles. The Labute approximate surface area is 80.4 Å². The van der Waals surface area contributed by atoms with Crippen LogP contribution < -0.4 is 0 Å². The number of nitrogens with zero attached hydrogens (tertiary/aromatic N) is 2. The summed E-state index contributed by atoms with van der Waals surface area (Å²) in [6.07, 6.45) is -4.58. The van der Waals surface area contributed by atoms with E-state index < -0.39 is 21.5 Å². The molecule has 1 aromatic rings. The van der Waals surface area contributed by atoms with Crippen molar-refractivity contribution in [1.82, 2.24) is 8.96 Å². The molecule has 0 aromatic carbocycles. The van der Waals surface area contributed by atoms with Crippen LogP contribution in [0.2, 0.25) is 0 Å². The molecular formula is C5H3F5N2O2S. The van der Waals surface area contributed by atoms with E-state index >= 15 is 0 Å². The molecule has 0 aliphatic heterocycles. The molecule has 10 heteroatoms. The Morgan fingerprint density at radius 2 is 1.67 bits per heavy atom. The average molecular weight is 250 g/mol. The number of alkyl halides is 5. The minimum absolute atomic E-state index is 0.291. The minimum Gasteiger partial charge on any atom is -0.244 e. The number of rotatable bonds is 2. The van der Waals surface area contributed by atoms with Crippen molar-refractivity contribution in [1.29, 1.82) is 0 Å². The molecule has 0 saturated heterocycles. The Morgan fingerprint density at radius 1 is 1.13 bits per heavy atom. The second kappa shape index (κ2) is 3.15. The molecule has 0 unspecified atom stereocenters. The van der Waals surface area contributed by atoms with Crippen LogP contribution in [-0.2, 0) is 10.0 Å². The van der Waals surface area contributed by atoms with Gasteiger partial charge in [0, 0.05) is 12.4 Å². The fourth-order valence-electron chi connectivity index (χ4n) is 0.668. The van der Waals surface area contributed by atoms with Gasteiger partial charge in [-0.05, 0) is 0 Å². The molecule has 86 valence electrons. The fraction of sp³-hybridized carbons (Fsp3) is 0.400. The van der Waals surface area contributed by atoms with E-state index in [1.54, 1.807) is 0 Å². The largest absolute Gasteiger partial charge is 0.471 e. The van der Waals surface area contributed by atoms with Crippen LogP contribution >= 0.6 is 0 Å². The highest BCUT2D eigenvalue weighted by atomic mass is 32.2. The lowest BCUT2D eigenvalue weighted by atomic mass is 10.7. The van der Waals surface area contributed by atoms with E-state index in [2.05, 4.69) is 4.98 Å². The Morgan fingerprint density at radius 3 is 2.00 bits per heavy atom. The maximum absolute atomic E-state index is 12.5. The molecule has 0 aliphatic carbocycles. The van der Waals surface area contributed by atoms with Crippen molar-refractivity contribution >= 4 is 10.0 Å². The highest BCUT2D eigenvalue weighted by Crippen LogP contribution is 2.40. The summed E-state index contributed by atoms with van der Waals surface area (Å²) in [5.74, 6) is 0. The van der Waals surface area contributed by atoms with Gasteiger partial charge in [0.2, 0.25) is 0 Å². The number of hydrogen-bond acceptors (Lipinski definition) is 3. The van der Waals surface area contributed by atoms with E-state index in [0.29, 0.717) is 12.5 Å². The Kier molecular flexibility index (Phi) is 2.50. The van der Waals surface area contributed by atoms with Gasteiger partial charge in [-0.15, -0.1) is 0 Å². The number of imidazole rings is 1. The van der Waals surface area contributed by atoms with Gasteiger partial charge in [0.05, 0.1) is 0 Å². The Balaban J connectivity index is 3.31. The first kappa shape index (κ1) is 11.9. The predicted octanol–water partition coefficient (Wildman–Crippen LogP) is 1.22. The van der Waals surface area contributed by atoms with E-state index in [9.17, 15) is 30.4 Å². The van der Waals surface area contributed by atoms with E-state index in [1.807, 2.05) is 0 Å². The van der Waals surface area contributed by atoms with Crippen LogP contribution in [0.1, 0.15) is 0 Å². The van der Waals surface area contributed by atoms with Crippen LogP contribution in [0.25, 0.3) is 0 Å². The summed E-state index contributed by atoms with van der Waals surface area (Å²) in [4.78, 5) is 3.07. The van der Waals surface area contributed by atoms with Crippen LogP contribution in [-0.4, -0.2) is 28.8 Å². The molecule has 0 spiro atoms. The topological polar surface area (TPSA) is 52.0 Å². The predicted molar refractivity (Wildman–Crippen MR) is 37.5 cm³/mol. The van der Waals surface area contributed by atoms with E-state index in [0.717, 1.165) is 6.20 Å². The molecule has 0 aliphatic rings. The zero-order chi connectivity index (χ0) is 11.9. The van der Waals surface area contributed by atoms with Crippen molar-refractivity contribution in [2.75, 3.05) is 0 Å². The number of aromatic nitrogens is 2. The second-order valence-corrected chi connectivity index (χ2v) is 4.30. The summed E-state index contributed by atoms with van der Waals surface area (Å²) in [5.41, 5.74) is 0. The SMILES string of the molecule is O=S(=O)(n1ccnc1)C(F)(F)C(F)(F)F. The van der Waals surface area contributed by atoms with Gasteiger partial charge in [-0.1, -0.05) is 0 Å². The van der Waals surface area contributed by atoms with Crippen LogP contribution in [0.4, 0.5) is 22.0 Å². The molecule has 1 rings (SSSR count). The summed E-state index contributed by atoms with van der Waals surface area (Å²) in [6, 6.07) is 0. The molecule has 0 atom stereocenters. The molecule has 15 heavy (non-hydrogen) atoms. The lowest BCUT2D eigenvalue weighted by Crippen LogP contribution is -2.46. The standard InChI is InChI=1S/C5H3F5N2O2S/c6-4(7,8)5(9,10)15(13,14)12-2-1-11-3-12/h1-3H. The van der Waals surface area contributed by atoms with Gasteiger partial charge < -0.3 is 0 Å². The molecular weight excluding hydrogens is 247 g/mol. The molecule has 0 amide bonds. The first-order valence-electron chi connectivity index (χ1n) is 3.28. The van der Waals surface area contributed by atoms with Gasteiger partial charge in [-0.3, -0.25) is 0 Å². The van der Waals surface area contributed by atoms with Crippen LogP contribution in [0.3, 0.4) is 0 Å². The summed E-state index contributed by atoms with van der Waals surface area (Å²) < 4.78 is 81.6. The molecule has 1 aromatic heterocycles. The molecule has 4 nitrogen and oxygen atoms in total. The number of hydrogen-bond donors (Lipinski definition) is 0. The van der Waals surface area contributed by atoms with Crippen molar-refractivity contribution in [2.24, 2.45) is 0 Å². The monoisotopic (exact) mass is 250 g/mol. The summed E-state index contributed by atoms with van der Waals surface area (Å²) in [7, 11) is -5.86. The van der Waals surface area contributed by atoms with Crippen LogP contribution in [0.5, 0.6) is 0 Å². The normalized spacial score (nSPS) is 14.2. The highest BCUT2D eigenvalue weighted by molar-refractivity contribution is 7.91. The average Bonchev–Trinajstić information content (AvgIpc) is 2.53. The van der Waals surface area contributed by atoms with Gasteiger partial charge >= 0.3 is 21.5 Å². The van der Waals surface area contributed by atoms with Gasteiger partial charge in [0.15, 0.2) is 0 Å². The van der Waals surface area contributed by atoms with Gasteiger partial charge in [0.1, 0.15) is 6.33 Å². The zero-order valence-corrected chi connectivity index (χ0v) is 7.56. The van der Waals surface area contributed by atoms with Crippen molar-refractivity contribution in [2.45, 2.75) is 11.4 Å². The zero-order valence-electron chi connectivity index (χ0n) is 6.74. The van der Waals surface area contributed by atoms with Crippen molar-refractivity contribution in [3.63, 3.8) is 0 Å². The molecule has 0 fully saturated rings. The fourth-order valence-corrected chi connectivity index (χ4v) is 1.62. The quantitative estimate of drug-likeness (QED) is 0.741. The first-order valence-corrected chi connectivity index (χ1v) is 4.72. The third-order valence-electron chi connectivity index (χ3n) is 1.41. The third kappa shape index (κ3) is 1.68. The van der Waals surface area contributed by atoms with Gasteiger partial charge in [0.25, 0.3) is 0 Å². The lowest BCUT2D eigenvalue weighted by molar-refractivity contribution is -0.241. The first-order chi connectivity index (χ1) is 6.61. The van der Waals surface area contributed by atoms with Crippen LogP contribution in [0.15, 0.2) is 18.7 Å². The van der Waals surface area contributed by atoms with E-state index in [4.69, 9.17) is 0 Å². The molecule has 0 saturated carbocycles. The Hall–Kier alpha value is -1.19. The van der Waals surface area contributed by atoms with E-state index in [-0.39, 0.29) is 3.97 Å². The summed E-state index contributed by atoms with van der Waals surface area (Å²) in [5, 5.41) is -5.85. The van der Waals surface area contributed by atoms with Crippen molar-refractivity contribution in [3.05, 3.63) is 18.7 Å². The lowest BCUT2D eigenvalue weighted by Gasteiger charge is -2.19. The van der Waals surface area contributed by atoms with Gasteiger partial charge in [-0.2, -0.15) is 30.4 Å². The van der Waals surface area contributed by atoms with Gasteiger partial charge in [-0.25, -0.2) is 8.96 Å². The molecule has 0 radical (unpaired) electrons. The van der Waals surface area contributed by atoms with E-state index in [1.165, 1.54) is 0 Å². The maximum Gasteiger partial charge on any atom is 0.471 e. The van der Waals surface area contributed by atoms with Crippen LogP contribution in [0, 0.1) is 0 Å². The summed E-state index contributed by atoms with van der Waals surface area (Å²) >= 11 is 0. The smallest absolute Gasteiger partial charge is 0.244 e. The molecule has 0 N–H and O–H groups in total. The third-order valence-corrected chi connectivity index (χ3v) is 3.06.